The Morgan fingerprint density at radius 1 is 1.08 bits per heavy atom. The molecule has 0 radical (unpaired) electrons. The molecule has 3 heterocycles. The molecule has 0 aliphatic rings. The van der Waals surface area contributed by atoms with Crippen LogP contribution in [0, 0.1) is 0 Å². The van der Waals surface area contributed by atoms with Gasteiger partial charge in [0.2, 0.25) is 0 Å². The van der Waals surface area contributed by atoms with Crippen LogP contribution >= 0.6 is 11.8 Å². The molecule has 0 saturated carbocycles. The minimum atomic E-state index is -0.0843. The minimum absolute atomic E-state index is 0.0843. The lowest BCUT2D eigenvalue weighted by atomic mass is 10.2. The van der Waals surface area contributed by atoms with Crippen LogP contribution in [0.3, 0.4) is 0 Å². The Hall–Kier alpha value is -2.93. The third kappa shape index (κ3) is 3.25. The maximum absolute atomic E-state index is 12.2. The summed E-state index contributed by atoms with van der Waals surface area (Å²) < 4.78 is 1.53. The van der Waals surface area contributed by atoms with Crippen molar-refractivity contribution in [1.29, 1.82) is 0 Å². The fourth-order valence-corrected chi connectivity index (χ4v) is 3.48. The first-order valence-corrected chi connectivity index (χ1v) is 9.34. The molecule has 0 spiro atoms. The number of thioether (sulfide) groups is 1. The van der Waals surface area contributed by atoms with E-state index in [1.807, 2.05) is 49.4 Å². The molecule has 1 N–H and O–H groups in total. The van der Waals surface area contributed by atoms with Crippen molar-refractivity contribution in [3.8, 4) is 0 Å². The van der Waals surface area contributed by atoms with Crippen LogP contribution in [-0.2, 0) is 5.75 Å². The molecule has 1 aromatic carbocycles. The number of aromatic nitrogens is 4. The van der Waals surface area contributed by atoms with Crippen molar-refractivity contribution in [2.45, 2.75) is 17.8 Å². The van der Waals surface area contributed by atoms with Crippen LogP contribution in [0.25, 0.3) is 16.6 Å². The highest BCUT2D eigenvalue weighted by Crippen LogP contribution is 2.25. The van der Waals surface area contributed by atoms with Crippen molar-refractivity contribution in [1.82, 2.24) is 19.4 Å². The van der Waals surface area contributed by atoms with Gasteiger partial charge in [-0.1, -0.05) is 30.0 Å². The number of rotatable bonds is 5. The van der Waals surface area contributed by atoms with Crippen molar-refractivity contribution in [3.05, 3.63) is 70.8 Å². The Morgan fingerprint density at radius 3 is 2.81 bits per heavy atom. The number of nitrogens with zero attached hydrogens (tertiary/aromatic N) is 4. The molecule has 0 saturated heterocycles. The molecule has 130 valence electrons. The van der Waals surface area contributed by atoms with Crippen LogP contribution in [0.15, 0.2) is 64.7 Å². The lowest BCUT2D eigenvalue weighted by Crippen LogP contribution is -2.14. The summed E-state index contributed by atoms with van der Waals surface area (Å²) in [6.45, 7) is 2.82. The molecule has 3 aromatic heterocycles. The van der Waals surface area contributed by atoms with Gasteiger partial charge >= 0.3 is 0 Å². The maximum atomic E-state index is 12.2. The number of pyridine rings is 1. The normalized spacial score (nSPS) is 11.1. The van der Waals surface area contributed by atoms with Gasteiger partial charge in [-0.15, -0.1) is 0 Å². The first kappa shape index (κ1) is 16.5. The highest BCUT2D eigenvalue weighted by atomic mass is 32.2. The standard InChI is InChI=1S/C19H17N5OS/c1-2-20-18-14-7-3-4-8-15(14)22-19(23-18)26-12-13-11-17(25)24-10-6-5-9-16(24)21-13/h3-11H,2,12H2,1H3,(H,20,22,23). The van der Waals surface area contributed by atoms with E-state index in [0.29, 0.717) is 22.3 Å². The third-order valence-electron chi connectivity index (χ3n) is 3.90. The number of nitrogens with one attached hydrogen (secondary N) is 1. The van der Waals surface area contributed by atoms with Gasteiger partial charge in [-0.05, 0) is 31.2 Å². The van der Waals surface area contributed by atoms with Gasteiger partial charge in [0.25, 0.3) is 5.56 Å². The van der Waals surface area contributed by atoms with E-state index in [-0.39, 0.29) is 5.56 Å². The van der Waals surface area contributed by atoms with E-state index in [9.17, 15) is 4.79 Å². The summed E-state index contributed by atoms with van der Waals surface area (Å²) in [5.41, 5.74) is 2.17. The Morgan fingerprint density at radius 2 is 1.92 bits per heavy atom. The van der Waals surface area contributed by atoms with Crippen LogP contribution in [0.1, 0.15) is 12.6 Å². The van der Waals surface area contributed by atoms with Crippen molar-refractivity contribution in [3.63, 3.8) is 0 Å². The largest absolute Gasteiger partial charge is 0.370 e. The summed E-state index contributed by atoms with van der Waals surface area (Å²) >= 11 is 1.47. The summed E-state index contributed by atoms with van der Waals surface area (Å²) in [4.78, 5) is 26.0. The van der Waals surface area contributed by atoms with E-state index < -0.39 is 0 Å². The molecule has 0 bridgehead atoms. The predicted molar refractivity (Wildman–Crippen MR) is 105 cm³/mol. The summed E-state index contributed by atoms with van der Waals surface area (Å²) in [7, 11) is 0. The SMILES string of the molecule is CCNc1nc(SCc2cc(=O)n3ccccc3n2)nc2ccccc12. The fraction of sp³-hybridized carbons (Fsp3) is 0.158. The first-order valence-electron chi connectivity index (χ1n) is 8.35. The third-order valence-corrected chi connectivity index (χ3v) is 4.78. The summed E-state index contributed by atoms with van der Waals surface area (Å²) in [5.74, 6) is 1.36. The number of benzene rings is 1. The second-order valence-corrected chi connectivity index (χ2v) is 6.65. The van der Waals surface area contributed by atoms with Gasteiger partial charge in [-0.3, -0.25) is 9.20 Å². The molecule has 0 unspecified atom stereocenters. The van der Waals surface area contributed by atoms with Crippen LogP contribution < -0.4 is 10.9 Å². The topological polar surface area (TPSA) is 72.2 Å². The van der Waals surface area contributed by atoms with Gasteiger partial charge in [0, 0.05) is 29.9 Å². The Labute approximate surface area is 154 Å². The number of hydrogen-bond donors (Lipinski definition) is 1. The second kappa shape index (κ2) is 7.13. The van der Waals surface area contributed by atoms with Gasteiger partial charge in [0.1, 0.15) is 11.5 Å². The molecular weight excluding hydrogens is 346 g/mol. The average molecular weight is 363 g/mol. The number of anilines is 1. The summed E-state index contributed by atoms with van der Waals surface area (Å²) in [6, 6.07) is 15.0. The van der Waals surface area contributed by atoms with E-state index in [4.69, 9.17) is 0 Å². The monoisotopic (exact) mass is 363 g/mol. The molecule has 26 heavy (non-hydrogen) atoms. The van der Waals surface area contributed by atoms with Crippen LogP contribution in [0.4, 0.5) is 5.82 Å². The molecular formula is C19H17N5OS. The zero-order chi connectivity index (χ0) is 17.9. The van der Waals surface area contributed by atoms with E-state index in [1.165, 1.54) is 16.2 Å². The Bertz CT molecular complexity index is 1140. The quantitative estimate of drug-likeness (QED) is 0.433. The van der Waals surface area contributed by atoms with Gasteiger partial charge in [0.05, 0.1) is 11.2 Å². The Balaban J connectivity index is 1.64. The highest BCUT2D eigenvalue weighted by Gasteiger charge is 2.09. The molecule has 7 heteroatoms. The Kier molecular flexibility index (Phi) is 4.53. The molecule has 4 rings (SSSR count). The molecule has 4 aromatic rings. The zero-order valence-electron chi connectivity index (χ0n) is 14.2. The van der Waals surface area contributed by atoms with Gasteiger partial charge < -0.3 is 5.32 Å². The number of hydrogen-bond acceptors (Lipinski definition) is 6. The fourth-order valence-electron chi connectivity index (χ4n) is 2.74. The van der Waals surface area contributed by atoms with Crippen LogP contribution in [-0.4, -0.2) is 25.9 Å². The second-order valence-electron chi connectivity index (χ2n) is 5.71. The maximum Gasteiger partial charge on any atom is 0.258 e. The predicted octanol–water partition coefficient (Wildman–Crippen LogP) is 3.36. The lowest BCUT2D eigenvalue weighted by Gasteiger charge is -2.09. The van der Waals surface area contributed by atoms with Crippen molar-refractivity contribution >= 4 is 34.1 Å². The van der Waals surface area contributed by atoms with Crippen LogP contribution in [0.2, 0.25) is 0 Å². The van der Waals surface area contributed by atoms with Crippen molar-refractivity contribution in [2.24, 2.45) is 0 Å². The number of para-hydroxylation sites is 1. The van der Waals surface area contributed by atoms with Crippen LogP contribution in [0.5, 0.6) is 0 Å². The summed E-state index contributed by atoms with van der Waals surface area (Å²) in [6.07, 6.45) is 1.72. The van der Waals surface area contributed by atoms with E-state index >= 15 is 0 Å². The highest BCUT2D eigenvalue weighted by molar-refractivity contribution is 7.98. The van der Waals surface area contributed by atoms with E-state index in [2.05, 4.69) is 20.3 Å². The smallest absolute Gasteiger partial charge is 0.258 e. The van der Waals surface area contributed by atoms with Gasteiger partial charge in [-0.25, -0.2) is 15.0 Å². The van der Waals surface area contributed by atoms with Gasteiger partial charge in [-0.2, -0.15) is 0 Å². The molecule has 0 aliphatic carbocycles. The lowest BCUT2D eigenvalue weighted by molar-refractivity contribution is 0.983. The van der Waals surface area contributed by atoms with Crippen molar-refractivity contribution in [2.75, 3.05) is 11.9 Å². The van der Waals surface area contributed by atoms with Gasteiger partial charge in [0.15, 0.2) is 5.16 Å². The summed E-state index contributed by atoms with van der Waals surface area (Å²) in [5, 5.41) is 4.95. The average Bonchev–Trinajstić information content (AvgIpc) is 2.67. The minimum Gasteiger partial charge on any atom is -0.370 e. The van der Waals surface area contributed by atoms with E-state index in [1.54, 1.807) is 12.3 Å². The molecule has 0 amide bonds. The molecule has 0 atom stereocenters. The number of fused-ring (bicyclic) bond motifs is 2. The first-order chi connectivity index (χ1) is 12.7. The molecule has 6 nitrogen and oxygen atoms in total. The van der Waals surface area contributed by atoms with E-state index in [0.717, 1.165) is 23.3 Å². The zero-order valence-corrected chi connectivity index (χ0v) is 15.0. The van der Waals surface area contributed by atoms with Crippen molar-refractivity contribution < 1.29 is 0 Å². The molecule has 0 fully saturated rings. The molecule has 0 aliphatic heterocycles.